The topological polar surface area (TPSA) is 73.2 Å². The van der Waals surface area contributed by atoms with Crippen molar-refractivity contribution in [2.24, 2.45) is 0 Å². The number of nitrogens with zero attached hydrogens (tertiary/aromatic N) is 7. The highest BCUT2D eigenvalue weighted by Gasteiger charge is 2.18. The van der Waals surface area contributed by atoms with Gasteiger partial charge >= 0.3 is 0 Å². The van der Waals surface area contributed by atoms with Crippen LogP contribution in [0.1, 0.15) is 0 Å². The minimum atomic E-state index is 0.448. The van der Waals surface area contributed by atoms with E-state index in [0.29, 0.717) is 28.8 Å². The Bertz CT molecular complexity index is 3200. The van der Waals surface area contributed by atoms with Gasteiger partial charge in [-0.15, -0.1) is 0 Å². The normalized spacial score (nSPS) is 11.1. The molecule has 0 N–H and O–H groups in total. The summed E-state index contributed by atoms with van der Waals surface area (Å²) in [5, 5.41) is 4.21. The summed E-state index contributed by atoms with van der Waals surface area (Å²) < 4.78 is 0. The van der Waals surface area contributed by atoms with E-state index >= 15 is 0 Å². The quantitative estimate of drug-likeness (QED) is 0.125. The Hall–Kier alpha value is -8.39. The van der Waals surface area contributed by atoms with E-state index in [4.69, 9.17) is 38.1 Å². The van der Waals surface area contributed by atoms with Gasteiger partial charge in [0.1, 0.15) is 0 Å². The second-order valence-electron chi connectivity index (χ2n) is 13.9. The molecule has 0 unspecified atom stereocenters. The standard InChI is InChI=1S/C51H29N7/c1-52-39-27-38(28-40(29-39)53-2)32-20-22-33(23-21-32)43-30-45-42-19-11-25-55-48(42)44(31-46(45)41-18-10-24-54-47(41)43)36-16-9-17-37(26-36)51-57-49(34-12-5-3-6-13-34)56-50(58-51)35-14-7-4-8-15-35/h3-31H. The molecule has 0 saturated heterocycles. The molecule has 7 aromatic carbocycles. The zero-order valence-corrected chi connectivity index (χ0v) is 30.9. The Morgan fingerprint density at radius 3 is 1.33 bits per heavy atom. The Labute approximate surface area is 334 Å². The predicted molar refractivity (Wildman–Crippen MR) is 233 cm³/mol. The van der Waals surface area contributed by atoms with E-state index in [1.165, 1.54) is 0 Å². The van der Waals surface area contributed by atoms with Crippen molar-refractivity contribution in [1.82, 2.24) is 24.9 Å². The molecule has 0 atom stereocenters. The van der Waals surface area contributed by atoms with Gasteiger partial charge in [-0.2, -0.15) is 0 Å². The number of fused-ring (bicyclic) bond motifs is 5. The SMILES string of the molecule is [C-]#[N+]c1cc([N+]#[C-])cc(-c2ccc(-c3cc4c5cccnc5c(-c5cccc(-c6nc(-c7ccccc7)nc(-c7ccccc7)n6)c5)cc4c4cccnc34)cc2)c1. The van der Waals surface area contributed by atoms with E-state index in [1.807, 2.05) is 122 Å². The molecule has 268 valence electrons. The fourth-order valence-corrected chi connectivity index (χ4v) is 7.64. The van der Waals surface area contributed by atoms with Gasteiger partial charge in [-0.25, -0.2) is 24.6 Å². The summed E-state index contributed by atoms with van der Waals surface area (Å²) in [5.41, 5.74) is 11.2. The van der Waals surface area contributed by atoms with Crippen LogP contribution in [0.5, 0.6) is 0 Å². The van der Waals surface area contributed by atoms with Crippen molar-refractivity contribution in [1.29, 1.82) is 0 Å². The van der Waals surface area contributed by atoms with Crippen LogP contribution in [0.15, 0.2) is 176 Å². The van der Waals surface area contributed by atoms with Gasteiger partial charge in [0.15, 0.2) is 28.8 Å². The maximum absolute atomic E-state index is 7.50. The molecule has 0 radical (unpaired) electrons. The van der Waals surface area contributed by atoms with Crippen LogP contribution in [0.25, 0.3) is 110 Å². The van der Waals surface area contributed by atoms with Crippen molar-refractivity contribution in [3.63, 3.8) is 0 Å². The number of hydrogen-bond acceptors (Lipinski definition) is 5. The van der Waals surface area contributed by atoms with Crippen molar-refractivity contribution >= 4 is 44.0 Å². The molecule has 0 saturated carbocycles. The van der Waals surface area contributed by atoms with Crippen LogP contribution in [0.3, 0.4) is 0 Å². The van der Waals surface area contributed by atoms with Gasteiger partial charge in [-0.05, 0) is 63.4 Å². The molecule has 3 aromatic heterocycles. The Balaban J connectivity index is 1.12. The molecule has 10 rings (SSSR count). The molecule has 0 aliphatic rings. The lowest BCUT2D eigenvalue weighted by Gasteiger charge is -2.15. The van der Waals surface area contributed by atoms with Crippen LogP contribution in [-0.2, 0) is 0 Å². The van der Waals surface area contributed by atoms with Crippen LogP contribution in [-0.4, -0.2) is 24.9 Å². The highest BCUT2D eigenvalue weighted by atomic mass is 15.0. The Morgan fingerprint density at radius 1 is 0.328 bits per heavy atom. The van der Waals surface area contributed by atoms with Gasteiger partial charge in [0, 0.05) is 51.0 Å². The summed E-state index contributed by atoms with van der Waals surface area (Å²) in [6.45, 7) is 15.0. The Kier molecular flexibility index (Phi) is 8.45. The van der Waals surface area contributed by atoms with E-state index in [1.54, 1.807) is 6.07 Å². The fourth-order valence-electron chi connectivity index (χ4n) is 7.64. The molecular formula is C51H29N7. The predicted octanol–water partition coefficient (Wildman–Crippen LogP) is 13.2. The van der Waals surface area contributed by atoms with Crippen LogP contribution >= 0.6 is 0 Å². The fraction of sp³-hybridized carbons (Fsp3) is 0. The molecule has 7 nitrogen and oxygen atoms in total. The van der Waals surface area contributed by atoms with Crippen molar-refractivity contribution in [3.05, 3.63) is 199 Å². The lowest BCUT2D eigenvalue weighted by molar-refractivity contribution is 1.07. The summed E-state index contributed by atoms with van der Waals surface area (Å²) in [6, 6.07) is 54.5. The maximum atomic E-state index is 7.50. The van der Waals surface area contributed by atoms with Crippen LogP contribution in [0, 0.1) is 13.1 Å². The number of rotatable bonds is 6. The van der Waals surface area contributed by atoms with Crippen LogP contribution in [0.2, 0.25) is 0 Å². The van der Waals surface area contributed by atoms with Gasteiger partial charge in [0.05, 0.1) is 24.2 Å². The van der Waals surface area contributed by atoms with Gasteiger partial charge in [-0.3, -0.25) is 9.97 Å². The first-order valence-electron chi connectivity index (χ1n) is 18.7. The molecule has 0 aliphatic carbocycles. The zero-order chi connectivity index (χ0) is 39.0. The van der Waals surface area contributed by atoms with Gasteiger partial charge in [0.25, 0.3) is 0 Å². The second-order valence-corrected chi connectivity index (χ2v) is 13.9. The number of hydrogen-bond donors (Lipinski definition) is 0. The Morgan fingerprint density at radius 2 is 0.793 bits per heavy atom. The smallest absolute Gasteiger partial charge is 0.177 e. The molecule has 0 fully saturated rings. The van der Waals surface area contributed by atoms with Crippen molar-refractivity contribution in [2.45, 2.75) is 0 Å². The number of benzene rings is 7. The number of pyridine rings is 2. The lowest BCUT2D eigenvalue weighted by atomic mass is 9.90. The third kappa shape index (κ3) is 6.16. The van der Waals surface area contributed by atoms with Gasteiger partial charge < -0.3 is 0 Å². The molecule has 3 heterocycles. The first-order chi connectivity index (χ1) is 28.6. The highest BCUT2D eigenvalue weighted by Crippen LogP contribution is 2.42. The second kappa shape index (κ2) is 14.4. The van der Waals surface area contributed by atoms with Crippen LogP contribution in [0.4, 0.5) is 11.4 Å². The third-order valence-corrected chi connectivity index (χ3v) is 10.4. The van der Waals surface area contributed by atoms with E-state index in [-0.39, 0.29) is 0 Å². The summed E-state index contributed by atoms with van der Waals surface area (Å²) in [6.07, 6.45) is 3.68. The maximum Gasteiger partial charge on any atom is 0.177 e. The van der Waals surface area contributed by atoms with Gasteiger partial charge in [0.2, 0.25) is 0 Å². The van der Waals surface area contributed by atoms with E-state index in [0.717, 1.165) is 82.6 Å². The molecule has 0 bridgehead atoms. The van der Waals surface area contributed by atoms with Gasteiger partial charge in [-0.1, -0.05) is 133 Å². The average Bonchev–Trinajstić information content (AvgIpc) is 3.31. The van der Waals surface area contributed by atoms with Crippen molar-refractivity contribution in [3.8, 4) is 67.5 Å². The summed E-state index contributed by atoms with van der Waals surface area (Å²) in [7, 11) is 0. The summed E-state index contributed by atoms with van der Waals surface area (Å²) in [4.78, 5) is 31.9. The third-order valence-electron chi connectivity index (χ3n) is 10.4. The summed E-state index contributed by atoms with van der Waals surface area (Å²) >= 11 is 0. The van der Waals surface area contributed by atoms with E-state index in [2.05, 4.69) is 58.2 Å². The molecule has 0 aliphatic heterocycles. The minimum absolute atomic E-state index is 0.448. The first-order valence-corrected chi connectivity index (χ1v) is 18.7. The van der Waals surface area contributed by atoms with Crippen molar-refractivity contribution in [2.75, 3.05) is 0 Å². The molecule has 0 spiro atoms. The molecule has 0 amide bonds. The monoisotopic (exact) mass is 739 g/mol. The number of aromatic nitrogens is 5. The lowest BCUT2D eigenvalue weighted by Crippen LogP contribution is -2.00. The molecule has 10 aromatic rings. The molecule has 7 heteroatoms. The van der Waals surface area contributed by atoms with E-state index in [9.17, 15) is 0 Å². The average molecular weight is 740 g/mol. The van der Waals surface area contributed by atoms with Crippen molar-refractivity contribution < 1.29 is 0 Å². The summed E-state index contributed by atoms with van der Waals surface area (Å²) in [5.74, 6) is 1.81. The molecular weight excluding hydrogens is 711 g/mol. The zero-order valence-electron chi connectivity index (χ0n) is 30.9. The largest absolute Gasteiger partial charge is 0.256 e. The minimum Gasteiger partial charge on any atom is -0.256 e. The first kappa shape index (κ1) is 34.1. The van der Waals surface area contributed by atoms with E-state index < -0.39 is 0 Å². The molecule has 58 heavy (non-hydrogen) atoms. The highest BCUT2D eigenvalue weighted by molar-refractivity contribution is 6.22. The van der Waals surface area contributed by atoms with Crippen LogP contribution < -0.4 is 0 Å².